The average molecular weight is 333 g/mol. The van der Waals surface area contributed by atoms with Gasteiger partial charge in [-0.2, -0.15) is 0 Å². The normalized spacial score (nSPS) is 18.7. The fraction of sp³-hybridized carbons (Fsp3) is 0.579. The molecular formula is C19H27NO4. The van der Waals surface area contributed by atoms with Gasteiger partial charge < -0.3 is 14.4 Å². The van der Waals surface area contributed by atoms with Crippen LogP contribution in [0.3, 0.4) is 0 Å². The molecule has 1 unspecified atom stereocenters. The zero-order chi connectivity index (χ0) is 17.7. The van der Waals surface area contributed by atoms with Gasteiger partial charge in [0.05, 0.1) is 18.7 Å². The highest BCUT2D eigenvalue weighted by Gasteiger charge is 2.30. The van der Waals surface area contributed by atoms with E-state index in [9.17, 15) is 9.59 Å². The minimum Gasteiger partial charge on any atom is -0.465 e. The highest BCUT2D eigenvalue weighted by molar-refractivity contribution is 5.89. The van der Waals surface area contributed by atoms with Gasteiger partial charge in [-0.25, -0.2) is 9.59 Å². The molecule has 24 heavy (non-hydrogen) atoms. The van der Waals surface area contributed by atoms with E-state index in [2.05, 4.69) is 0 Å². The summed E-state index contributed by atoms with van der Waals surface area (Å²) in [5.74, 6) is -0.355. The summed E-state index contributed by atoms with van der Waals surface area (Å²) in [5, 5.41) is 0. The first-order valence-electron chi connectivity index (χ1n) is 8.50. The molecule has 0 saturated carbocycles. The van der Waals surface area contributed by atoms with Crippen molar-refractivity contribution in [2.45, 2.75) is 58.1 Å². The third-order valence-electron chi connectivity index (χ3n) is 4.10. The maximum Gasteiger partial charge on any atom is 0.410 e. The number of amides is 1. The maximum absolute atomic E-state index is 12.6. The van der Waals surface area contributed by atoms with Crippen LogP contribution < -0.4 is 0 Å². The SMILES string of the molecule is COC(=O)c1ccc(C2CCCCCN2C(=O)OC(C)(C)C)cc1. The van der Waals surface area contributed by atoms with Crippen LogP contribution in [0.4, 0.5) is 4.79 Å². The minimum atomic E-state index is -0.511. The number of hydrogen-bond donors (Lipinski definition) is 0. The summed E-state index contributed by atoms with van der Waals surface area (Å²) in [7, 11) is 1.37. The number of carbonyl (C=O) groups excluding carboxylic acids is 2. The van der Waals surface area contributed by atoms with E-state index in [1.54, 1.807) is 12.1 Å². The summed E-state index contributed by atoms with van der Waals surface area (Å²) >= 11 is 0. The van der Waals surface area contributed by atoms with Gasteiger partial charge in [0.25, 0.3) is 0 Å². The molecule has 1 fully saturated rings. The lowest BCUT2D eigenvalue weighted by Crippen LogP contribution is -2.39. The van der Waals surface area contributed by atoms with Crippen LogP contribution in [-0.2, 0) is 9.47 Å². The van der Waals surface area contributed by atoms with E-state index in [4.69, 9.17) is 9.47 Å². The number of hydrogen-bond acceptors (Lipinski definition) is 4. The van der Waals surface area contributed by atoms with Crippen LogP contribution in [0.5, 0.6) is 0 Å². The number of nitrogens with zero attached hydrogens (tertiary/aromatic N) is 1. The van der Waals surface area contributed by atoms with Crippen LogP contribution in [0.25, 0.3) is 0 Å². The second-order valence-electron chi connectivity index (χ2n) is 7.15. The Balaban J connectivity index is 2.22. The Kier molecular flexibility index (Phi) is 5.86. The third-order valence-corrected chi connectivity index (χ3v) is 4.10. The van der Waals surface area contributed by atoms with Crippen LogP contribution >= 0.6 is 0 Å². The number of ether oxygens (including phenoxy) is 2. The van der Waals surface area contributed by atoms with E-state index < -0.39 is 5.60 Å². The Labute approximate surface area is 143 Å². The first-order chi connectivity index (χ1) is 11.3. The van der Waals surface area contributed by atoms with Crippen molar-refractivity contribution in [2.75, 3.05) is 13.7 Å². The first kappa shape index (κ1) is 18.3. The van der Waals surface area contributed by atoms with Crippen molar-refractivity contribution < 1.29 is 19.1 Å². The summed E-state index contributed by atoms with van der Waals surface area (Å²) in [4.78, 5) is 26.0. The van der Waals surface area contributed by atoms with Crippen molar-refractivity contribution in [1.29, 1.82) is 0 Å². The zero-order valence-corrected chi connectivity index (χ0v) is 15.0. The molecule has 5 heteroatoms. The topological polar surface area (TPSA) is 55.8 Å². The lowest BCUT2D eigenvalue weighted by molar-refractivity contribution is 0.0163. The zero-order valence-electron chi connectivity index (χ0n) is 15.0. The first-order valence-corrected chi connectivity index (χ1v) is 8.50. The molecule has 1 heterocycles. The van der Waals surface area contributed by atoms with Gasteiger partial charge in [0.15, 0.2) is 0 Å². The Hall–Kier alpha value is -2.04. The van der Waals surface area contributed by atoms with Crippen LogP contribution in [0.2, 0.25) is 0 Å². The molecule has 0 aromatic heterocycles. The van der Waals surface area contributed by atoms with Crippen molar-refractivity contribution in [2.24, 2.45) is 0 Å². The van der Waals surface area contributed by atoms with Crippen LogP contribution in [-0.4, -0.2) is 36.2 Å². The number of benzene rings is 1. The summed E-state index contributed by atoms with van der Waals surface area (Å²) in [5.41, 5.74) is 1.02. The predicted molar refractivity (Wildman–Crippen MR) is 91.9 cm³/mol. The smallest absolute Gasteiger partial charge is 0.410 e. The van der Waals surface area contributed by atoms with Gasteiger partial charge >= 0.3 is 12.1 Å². The molecule has 1 atom stereocenters. The molecule has 0 bridgehead atoms. The second-order valence-corrected chi connectivity index (χ2v) is 7.15. The summed E-state index contributed by atoms with van der Waals surface area (Å²) in [6.07, 6.45) is 3.79. The van der Waals surface area contributed by atoms with Crippen molar-refractivity contribution in [3.8, 4) is 0 Å². The largest absolute Gasteiger partial charge is 0.465 e. The van der Waals surface area contributed by atoms with Gasteiger partial charge in [-0.1, -0.05) is 25.0 Å². The van der Waals surface area contributed by atoms with E-state index in [0.29, 0.717) is 12.1 Å². The predicted octanol–water partition coefficient (Wildman–Crippen LogP) is 4.33. The molecule has 1 aromatic carbocycles. The fourth-order valence-corrected chi connectivity index (χ4v) is 2.95. The summed E-state index contributed by atoms with van der Waals surface area (Å²) in [6, 6.07) is 7.28. The Morgan fingerprint density at radius 3 is 2.33 bits per heavy atom. The van der Waals surface area contributed by atoms with E-state index >= 15 is 0 Å². The molecule has 2 rings (SSSR count). The van der Waals surface area contributed by atoms with Crippen molar-refractivity contribution in [3.05, 3.63) is 35.4 Å². The lowest BCUT2D eigenvalue weighted by atomic mass is 9.99. The molecule has 1 aliphatic heterocycles. The van der Waals surface area contributed by atoms with Crippen molar-refractivity contribution in [3.63, 3.8) is 0 Å². The van der Waals surface area contributed by atoms with E-state index in [1.807, 2.05) is 37.8 Å². The molecule has 1 aliphatic rings. The van der Waals surface area contributed by atoms with Crippen molar-refractivity contribution in [1.82, 2.24) is 4.90 Å². The van der Waals surface area contributed by atoms with Gasteiger partial charge in [0.1, 0.15) is 5.60 Å². The van der Waals surface area contributed by atoms with Gasteiger partial charge in [0.2, 0.25) is 0 Å². The van der Waals surface area contributed by atoms with Gasteiger partial charge in [0, 0.05) is 6.54 Å². The van der Waals surface area contributed by atoms with Crippen LogP contribution in [0, 0.1) is 0 Å². The monoisotopic (exact) mass is 333 g/mol. The summed E-state index contributed by atoms with van der Waals surface area (Å²) in [6.45, 7) is 6.33. The number of esters is 1. The highest BCUT2D eigenvalue weighted by atomic mass is 16.6. The fourth-order valence-electron chi connectivity index (χ4n) is 2.95. The summed E-state index contributed by atoms with van der Waals surface area (Å²) < 4.78 is 10.3. The number of rotatable bonds is 2. The molecule has 1 amide bonds. The molecule has 132 valence electrons. The molecule has 1 saturated heterocycles. The Morgan fingerprint density at radius 1 is 1.08 bits per heavy atom. The van der Waals surface area contributed by atoms with Gasteiger partial charge in [-0.15, -0.1) is 0 Å². The third kappa shape index (κ3) is 4.73. The Morgan fingerprint density at radius 2 is 1.75 bits per heavy atom. The number of methoxy groups -OCH3 is 1. The lowest BCUT2D eigenvalue weighted by Gasteiger charge is -2.32. The molecule has 5 nitrogen and oxygen atoms in total. The number of likely N-dealkylation sites (tertiary alicyclic amines) is 1. The van der Waals surface area contributed by atoms with Crippen LogP contribution in [0.15, 0.2) is 24.3 Å². The molecule has 0 spiro atoms. The van der Waals surface area contributed by atoms with Crippen molar-refractivity contribution >= 4 is 12.1 Å². The molecule has 0 aliphatic carbocycles. The second kappa shape index (κ2) is 7.69. The van der Waals surface area contributed by atoms with Gasteiger partial charge in [-0.3, -0.25) is 0 Å². The quantitative estimate of drug-likeness (QED) is 0.756. The standard InChI is InChI=1S/C19H27NO4/c1-19(2,3)24-18(22)20-13-7-5-6-8-16(20)14-9-11-15(12-10-14)17(21)23-4/h9-12,16H,5-8,13H2,1-4H3. The average Bonchev–Trinajstić information content (AvgIpc) is 2.78. The minimum absolute atomic E-state index is 0.0194. The molecular weight excluding hydrogens is 306 g/mol. The molecule has 1 aromatic rings. The number of carbonyl (C=O) groups is 2. The Bertz CT molecular complexity index is 574. The van der Waals surface area contributed by atoms with Crippen LogP contribution in [0.1, 0.15) is 68.4 Å². The van der Waals surface area contributed by atoms with E-state index in [1.165, 1.54) is 7.11 Å². The van der Waals surface area contributed by atoms with Gasteiger partial charge in [-0.05, 0) is 51.3 Å². The molecule has 0 N–H and O–H groups in total. The van der Waals surface area contributed by atoms with E-state index in [0.717, 1.165) is 31.2 Å². The maximum atomic E-state index is 12.6. The molecule has 0 radical (unpaired) electrons. The highest BCUT2D eigenvalue weighted by Crippen LogP contribution is 2.31. The van der Waals surface area contributed by atoms with E-state index in [-0.39, 0.29) is 18.1 Å².